The first-order chi connectivity index (χ1) is 30.5. The largest absolute Gasteiger partial charge is 0.462 e. The zero-order valence-corrected chi connectivity index (χ0v) is 41.8. The number of unbranched alkanes of at least 4 members (excludes halogenated alkanes) is 34. The van der Waals surface area contributed by atoms with Crippen LogP contribution in [0.1, 0.15) is 297 Å². The third kappa shape index (κ3) is 44.9. The van der Waals surface area contributed by atoms with Crippen LogP contribution in [0.4, 0.5) is 0 Å². The van der Waals surface area contributed by atoms with E-state index >= 15 is 0 Å². The van der Waals surface area contributed by atoms with Crippen molar-refractivity contribution in [2.45, 2.75) is 315 Å². The minimum absolute atomic E-state index is 0.0736. The minimum Gasteiger partial charge on any atom is -0.462 e. The highest BCUT2D eigenvalue weighted by atomic mass is 16.5. The van der Waals surface area contributed by atoms with Gasteiger partial charge in [-0.2, -0.15) is 0 Å². The minimum atomic E-state index is -0.788. The molecule has 0 saturated heterocycles. The Balaban J connectivity index is 4.50. The number of esters is 1. The smallest absolute Gasteiger partial charge is 0.306 e. The molecule has 3 unspecified atom stereocenters. The Labute approximate surface area is 386 Å². The highest BCUT2D eigenvalue weighted by Gasteiger charge is 2.24. The zero-order chi connectivity index (χ0) is 45.2. The number of hydrogen-bond acceptors (Lipinski definition) is 5. The lowest BCUT2D eigenvalue weighted by atomic mass is 10.0. The van der Waals surface area contributed by atoms with Crippen LogP contribution in [0.5, 0.6) is 0 Å². The van der Waals surface area contributed by atoms with Crippen molar-refractivity contribution in [3.63, 3.8) is 0 Å². The van der Waals surface area contributed by atoms with Crippen molar-refractivity contribution in [1.82, 2.24) is 5.32 Å². The van der Waals surface area contributed by atoms with Gasteiger partial charge in [-0.25, -0.2) is 0 Å². The summed E-state index contributed by atoms with van der Waals surface area (Å²) in [6, 6.07) is -0.702. The Morgan fingerprint density at radius 1 is 0.468 bits per heavy atom. The lowest BCUT2D eigenvalue weighted by Crippen LogP contribution is -2.46. The molecule has 1 amide bonds. The molecule has 0 bridgehead atoms. The second kappa shape index (κ2) is 50.3. The molecule has 62 heavy (non-hydrogen) atoms. The number of carbonyl (C=O) groups excluding carboxylic acids is 2. The number of carbonyl (C=O) groups is 2. The fourth-order valence-corrected chi connectivity index (χ4v) is 8.58. The van der Waals surface area contributed by atoms with Crippen molar-refractivity contribution >= 4 is 11.9 Å². The summed E-state index contributed by atoms with van der Waals surface area (Å²) >= 11 is 0. The third-order valence-corrected chi connectivity index (χ3v) is 12.8. The molecule has 366 valence electrons. The standard InChI is InChI=1S/C56H107NO5/c1-4-7-10-13-16-19-22-24-26-27-29-31-34-36-39-42-45-48-54(59)53(51-58)57-55(60)50-52(62-56(61)49-46-43-40-37-32-21-18-15-12-9-6-3)47-44-41-38-35-33-30-28-25-23-20-17-14-11-8-5-2/h17,20,25,28,52-54,58-59H,4-16,18-19,21-24,26-27,29-51H2,1-3H3,(H,57,60)/b20-17-,28-25-. The molecule has 6 nitrogen and oxygen atoms in total. The van der Waals surface area contributed by atoms with Gasteiger partial charge < -0.3 is 20.3 Å². The van der Waals surface area contributed by atoms with Crippen LogP contribution in [-0.2, 0) is 14.3 Å². The molecule has 0 aliphatic rings. The van der Waals surface area contributed by atoms with E-state index in [0.29, 0.717) is 19.3 Å². The molecule has 0 radical (unpaired) electrons. The maximum Gasteiger partial charge on any atom is 0.306 e. The summed E-state index contributed by atoms with van der Waals surface area (Å²) in [4.78, 5) is 26.2. The summed E-state index contributed by atoms with van der Waals surface area (Å²) in [5, 5.41) is 23.8. The van der Waals surface area contributed by atoms with Crippen LogP contribution in [0.3, 0.4) is 0 Å². The zero-order valence-electron chi connectivity index (χ0n) is 41.8. The van der Waals surface area contributed by atoms with Crippen molar-refractivity contribution in [1.29, 1.82) is 0 Å². The molecular formula is C56H107NO5. The molecule has 0 heterocycles. The molecule has 0 aromatic rings. The van der Waals surface area contributed by atoms with E-state index < -0.39 is 18.2 Å². The average molecular weight is 874 g/mol. The molecule has 0 spiro atoms. The van der Waals surface area contributed by atoms with Gasteiger partial charge in [0.2, 0.25) is 5.91 Å². The maximum absolute atomic E-state index is 13.2. The van der Waals surface area contributed by atoms with Crippen LogP contribution < -0.4 is 5.32 Å². The van der Waals surface area contributed by atoms with Crippen molar-refractivity contribution < 1.29 is 24.5 Å². The summed E-state index contributed by atoms with van der Waals surface area (Å²) in [5.41, 5.74) is 0. The first kappa shape index (κ1) is 60.3. The summed E-state index contributed by atoms with van der Waals surface area (Å²) in [6.45, 7) is 6.48. The van der Waals surface area contributed by atoms with Gasteiger partial charge in [-0.15, -0.1) is 0 Å². The van der Waals surface area contributed by atoms with Gasteiger partial charge in [0.1, 0.15) is 6.10 Å². The number of allylic oxidation sites excluding steroid dienone is 4. The fraction of sp³-hybridized carbons (Fsp3) is 0.893. The molecular weight excluding hydrogens is 767 g/mol. The van der Waals surface area contributed by atoms with Gasteiger partial charge in [-0.3, -0.25) is 9.59 Å². The number of aliphatic hydroxyl groups excluding tert-OH is 2. The molecule has 0 aromatic heterocycles. The number of rotatable bonds is 50. The molecule has 6 heteroatoms. The quantitative estimate of drug-likeness (QED) is 0.0321. The molecule has 3 N–H and O–H groups in total. The van der Waals surface area contributed by atoms with Crippen molar-refractivity contribution in [2.24, 2.45) is 0 Å². The molecule has 0 fully saturated rings. The van der Waals surface area contributed by atoms with Gasteiger partial charge in [0, 0.05) is 6.42 Å². The number of amides is 1. The molecule has 0 aliphatic heterocycles. The van der Waals surface area contributed by atoms with E-state index in [2.05, 4.69) is 50.4 Å². The van der Waals surface area contributed by atoms with E-state index in [4.69, 9.17) is 4.74 Å². The highest BCUT2D eigenvalue weighted by molar-refractivity contribution is 5.77. The van der Waals surface area contributed by atoms with Crippen molar-refractivity contribution in [2.75, 3.05) is 6.61 Å². The SMILES string of the molecule is CCCCC/C=C\C/C=C\CCCCCCCC(CC(=O)NC(CO)C(O)CCCCCCCCCCCCCCCCCCC)OC(=O)CCCCCCCCCCCCC. The average Bonchev–Trinajstić information content (AvgIpc) is 3.26. The molecule has 3 atom stereocenters. The Hall–Kier alpha value is -1.66. The highest BCUT2D eigenvalue weighted by Crippen LogP contribution is 2.18. The Morgan fingerprint density at radius 3 is 1.26 bits per heavy atom. The summed E-state index contributed by atoms with van der Waals surface area (Å²) < 4.78 is 5.94. The van der Waals surface area contributed by atoms with E-state index in [1.165, 1.54) is 186 Å². The fourth-order valence-electron chi connectivity index (χ4n) is 8.58. The lowest BCUT2D eigenvalue weighted by Gasteiger charge is -2.24. The second-order valence-corrected chi connectivity index (χ2v) is 19.0. The first-order valence-corrected chi connectivity index (χ1v) is 27.6. The van der Waals surface area contributed by atoms with E-state index in [9.17, 15) is 19.8 Å². The number of nitrogens with one attached hydrogen (secondary N) is 1. The van der Waals surface area contributed by atoms with Gasteiger partial charge in [0.15, 0.2) is 0 Å². The number of aliphatic hydroxyl groups is 2. The van der Waals surface area contributed by atoms with Crippen LogP contribution >= 0.6 is 0 Å². The number of ether oxygens (including phenoxy) is 1. The Bertz CT molecular complexity index is 981. The van der Waals surface area contributed by atoms with Gasteiger partial charge >= 0.3 is 5.97 Å². The van der Waals surface area contributed by atoms with E-state index in [1.54, 1.807) is 0 Å². The van der Waals surface area contributed by atoms with Gasteiger partial charge in [-0.05, 0) is 57.8 Å². The molecule has 0 aliphatic carbocycles. The monoisotopic (exact) mass is 874 g/mol. The van der Waals surface area contributed by atoms with E-state index in [1.807, 2.05) is 0 Å². The van der Waals surface area contributed by atoms with Crippen molar-refractivity contribution in [3.05, 3.63) is 24.3 Å². The van der Waals surface area contributed by atoms with Crippen LogP contribution in [0.25, 0.3) is 0 Å². The van der Waals surface area contributed by atoms with Crippen LogP contribution in [0, 0.1) is 0 Å². The summed E-state index contributed by atoms with van der Waals surface area (Å²) in [7, 11) is 0. The van der Waals surface area contributed by atoms with Crippen molar-refractivity contribution in [3.8, 4) is 0 Å². The van der Waals surface area contributed by atoms with Gasteiger partial charge in [0.05, 0.1) is 25.2 Å². The first-order valence-electron chi connectivity index (χ1n) is 27.6. The molecule has 0 aromatic carbocycles. The molecule has 0 rings (SSSR count). The van der Waals surface area contributed by atoms with Crippen LogP contribution in [0.15, 0.2) is 24.3 Å². The predicted molar refractivity (Wildman–Crippen MR) is 269 cm³/mol. The second-order valence-electron chi connectivity index (χ2n) is 19.0. The Kier molecular flexibility index (Phi) is 49.0. The normalized spacial score (nSPS) is 13.3. The van der Waals surface area contributed by atoms with E-state index in [0.717, 1.165) is 64.2 Å². The Morgan fingerprint density at radius 2 is 0.823 bits per heavy atom. The third-order valence-electron chi connectivity index (χ3n) is 12.8. The predicted octanol–water partition coefficient (Wildman–Crippen LogP) is 16.7. The topological polar surface area (TPSA) is 95.9 Å². The molecule has 0 saturated carbocycles. The van der Waals surface area contributed by atoms with Crippen LogP contribution in [-0.4, -0.2) is 46.9 Å². The lowest BCUT2D eigenvalue weighted by molar-refractivity contribution is -0.151. The summed E-state index contributed by atoms with van der Waals surface area (Å²) in [5.74, 6) is -0.473. The van der Waals surface area contributed by atoms with Gasteiger partial charge in [0.25, 0.3) is 0 Å². The van der Waals surface area contributed by atoms with E-state index in [-0.39, 0.29) is 24.9 Å². The van der Waals surface area contributed by atoms with Gasteiger partial charge in [-0.1, -0.05) is 251 Å². The van der Waals surface area contributed by atoms with Crippen LogP contribution in [0.2, 0.25) is 0 Å². The number of hydrogen-bond donors (Lipinski definition) is 3. The maximum atomic E-state index is 13.2. The summed E-state index contributed by atoms with van der Waals surface area (Å²) in [6.07, 6.45) is 58.1.